The molecule has 6 aliphatic rings. The maximum atomic E-state index is 13.2. The SMILES string of the molecule is O=C1OC2C(CCC3CCCCC32)C(=O)C1=CC=CC=CC1=C(O)C2CCC3CCCCC3C2OC1=O. The normalized spacial score (nSPS) is 41.2. The lowest BCUT2D eigenvalue weighted by molar-refractivity contribution is -0.167. The summed E-state index contributed by atoms with van der Waals surface area (Å²) in [5, 5.41) is 10.9. The van der Waals surface area contributed by atoms with Crippen molar-refractivity contribution in [2.24, 2.45) is 35.5 Å². The molecule has 198 valence electrons. The Labute approximate surface area is 218 Å². The van der Waals surface area contributed by atoms with Crippen molar-refractivity contribution >= 4 is 17.7 Å². The van der Waals surface area contributed by atoms with Crippen molar-refractivity contribution in [1.29, 1.82) is 0 Å². The fraction of sp³-hybridized carbons (Fsp3) is 0.645. The van der Waals surface area contributed by atoms with Crippen molar-refractivity contribution in [3.8, 4) is 0 Å². The van der Waals surface area contributed by atoms with Crippen molar-refractivity contribution in [2.45, 2.75) is 89.3 Å². The number of aliphatic hydroxyl groups is 1. The monoisotopic (exact) mass is 506 g/mol. The number of ether oxygens (including phenoxy) is 2. The van der Waals surface area contributed by atoms with Crippen molar-refractivity contribution in [3.05, 3.63) is 47.3 Å². The second kappa shape index (κ2) is 10.3. The van der Waals surface area contributed by atoms with E-state index in [1.807, 2.05) is 0 Å². The van der Waals surface area contributed by atoms with E-state index in [1.165, 1.54) is 31.8 Å². The fourth-order valence-electron chi connectivity index (χ4n) is 8.33. The predicted molar refractivity (Wildman–Crippen MR) is 137 cm³/mol. The van der Waals surface area contributed by atoms with Crippen LogP contribution >= 0.6 is 0 Å². The van der Waals surface area contributed by atoms with Gasteiger partial charge in [0.05, 0.1) is 17.4 Å². The quantitative estimate of drug-likeness (QED) is 0.229. The van der Waals surface area contributed by atoms with Crippen LogP contribution in [0.4, 0.5) is 0 Å². The van der Waals surface area contributed by atoms with Crippen molar-refractivity contribution in [3.63, 3.8) is 0 Å². The number of allylic oxidation sites excluding steroid dienone is 4. The van der Waals surface area contributed by atoms with Gasteiger partial charge in [0.1, 0.15) is 23.5 Å². The third kappa shape index (κ3) is 4.51. The molecular formula is C31H38O6. The summed E-state index contributed by atoms with van der Waals surface area (Å²) in [6.45, 7) is 0. The highest BCUT2D eigenvalue weighted by atomic mass is 16.6. The van der Waals surface area contributed by atoms with E-state index in [0.717, 1.165) is 51.4 Å². The molecule has 2 heterocycles. The molecule has 0 aromatic carbocycles. The average molecular weight is 507 g/mol. The molecule has 37 heavy (non-hydrogen) atoms. The Balaban J connectivity index is 1.12. The van der Waals surface area contributed by atoms with Gasteiger partial charge in [-0.2, -0.15) is 0 Å². The van der Waals surface area contributed by atoms with Crippen molar-refractivity contribution in [1.82, 2.24) is 0 Å². The Bertz CT molecular complexity index is 1080. The van der Waals surface area contributed by atoms with E-state index in [9.17, 15) is 19.5 Å². The van der Waals surface area contributed by atoms with Crippen molar-refractivity contribution in [2.75, 3.05) is 0 Å². The molecule has 0 bridgehead atoms. The summed E-state index contributed by atoms with van der Waals surface area (Å²) < 4.78 is 11.7. The molecule has 0 spiro atoms. The van der Waals surface area contributed by atoms with E-state index in [1.54, 1.807) is 24.3 Å². The molecule has 0 aromatic heterocycles. The number of carbonyl (C=O) groups excluding carboxylic acids is 3. The predicted octanol–water partition coefficient (Wildman–Crippen LogP) is 5.69. The summed E-state index contributed by atoms with van der Waals surface area (Å²) in [5.41, 5.74) is 0.305. The molecule has 0 amide bonds. The second-order valence-electron chi connectivity index (χ2n) is 12.0. The smallest absolute Gasteiger partial charge is 0.342 e. The summed E-state index contributed by atoms with van der Waals surface area (Å²) in [6.07, 6.45) is 20.6. The summed E-state index contributed by atoms with van der Waals surface area (Å²) in [7, 11) is 0. The number of esters is 2. The van der Waals surface area contributed by atoms with Gasteiger partial charge in [0, 0.05) is 0 Å². The zero-order valence-corrected chi connectivity index (χ0v) is 21.5. The highest BCUT2D eigenvalue weighted by Gasteiger charge is 2.50. The largest absolute Gasteiger partial charge is 0.511 e. The summed E-state index contributed by atoms with van der Waals surface area (Å²) >= 11 is 0. The number of ketones is 1. The van der Waals surface area contributed by atoms with Gasteiger partial charge < -0.3 is 14.6 Å². The van der Waals surface area contributed by atoms with Crippen LogP contribution in [0.25, 0.3) is 0 Å². The van der Waals surface area contributed by atoms with Crippen molar-refractivity contribution < 1.29 is 29.0 Å². The Morgan fingerprint density at radius 2 is 1.24 bits per heavy atom. The zero-order valence-electron chi connectivity index (χ0n) is 21.5. The minimum absolute atomic E-state index is 0.0977. The number of aliphatic hydroxyl groups excluding tert-OH is 1. The van der Waals surface area contributed by atoms with Crippen LogP contribution < -0.4 is 0 Å². The van der Waals surface area contributed by atoms with E-state index >= 15 is 0 Å². The Hall–Kier alpha value is -2.63. The van der Waals surface area contributed by atoms with Gasteiger partial charge >= 0.3 is 11.9 Å². The van der Waals surface area contributed by atoms with Gasteiger partial charge in [-0.1, -0.05) is 56.8 Å². The van der Waals surface area contributed by atoms with E-state index in [2.05, 4.69) is 0 Å². The van der Waals surface area contributed by atoms with E-state index < -0.39 is 11.9 Å². The fourth-order valence-corrected chi connectivity index (χ4v) is 8.33. The first-order valence-electron chi connectivity index (χ1n) is 14.5. The van der Waals surface area contributed by atoms with Gasteiger partial charge in [-0.15, -0.1) is 0 Å². The number of carbonyl (C=O) groups is 3. The van der Waals surface area contributed by atoms with E-state index in [4.69, 9.17) is 9.47 Å². The Kier molecular flexibility index (Phi) is 6.85. The number of hydrogen-bond acceptors (Lipinski definition) is 6. The van der Waals surface area contributed by atoms with E-state index in [-0.39, 0.29) is 46.7 Å². The maximum Gasteiger partial charge on any atom is 0.342 e. The molecule has 2 aliphatic heterocycles. The van der Waals surface area contributed by atoms with Crippen LogP contribution in [0.15, 0.2) is 47.3 Å². The van der Waals surface area contributed by atoms with Gasteiger partial charge in [-0.25, -0.2) is 9.59 Å². The third-order valence-corrected chi connectivity index (χ3v) is 10.2. The standard InChI is InChI=1S/C31H38O6/c32-26-22-16-14-18-8-4-6-10-20(18)28(22)36-30(34)24(26)12-2-1-3-13-25-27(33)23-17-15-19-9-5-7-11-21(19)29(23)37-31(25)35/h1-3,12-13,18-23,28-29,32H,4-11,14-17H2. The molecule has 6 rings (SSSR count). The van der Waals surface area contributed by atoms with E-state index in [0.29, 0.717) is 23.7 Å². The number of fused-ring (bicyclic) bond motifs is 6. The molecule has 5 fully saturated rings. The first kappa shape index (κ1) is 24.7. The van der Waals surface area contributed by atoms with Crippen LogP contribution in [0.3, 0.4) is 0 Å². The summed E-state index contributed by atoms with van der Waals surface area (Å²) in [5.74, 6) is 0.573. The first-order valence-corrected chi connectivity index (χ1v) is 14.5. The number of hydrogen-bond donors (Lipinski definition) is 1. The Morgan fingerprint density at radius 1 is 0.649 bits per heavy atom. The number of Topliss-reactive ketones (excluding diaryl/α,β-unsaturated/α-hetero) is 1. The molecule has 8 atom stereocenters. The van der Waals surface area contributed by atoms with Gasteiger partial charge in [0.2, 0.25) is 0 Å². The molecule has 1 saturated heterocycles. The molecule has 8 unspecified atom stereocenters. The minimum Gasteiger partial charge on any atom is -0.511 e. The number of rotatable bonds is 3. The maximum absolute atomic E-state index is 13.2. The lowest BCUT2D eigenvalue weighted by Crippen LogP contribution is -2.50. The lowest BCUT2D eigenvalue weighted by atomic mass is 9.63. The summed E-state index contributed by atoms with van der Waals surface area (Å²) in [4.78, 5) is 38.6. The molecule has 4 saturated carbocycles. The highest BCUT2D eigenvalue weighted by molar-refractivity contribution is 6.20. The minimum atomic E-state index is -0.522. The molecular weight excluding hydrogens is 468 g/mol. The van der Waals surface area contributed by atoms with Crippen LogP contribution in [-0.4, -0.2) is 35.0 Å². The first-order chi connectivity index (χ1) is 18.0. The van der Waals surface area contributed by atoms with Gasteiger partial charge in [-0.3, -0.25) is 4.79 Å². The summed E-state index contributed by atoms with van der Waals surface area (Å²) in [6, 6.07) is 0. The second-order valence-corrected chi connectivity index (χ2v) is 12.0. The third-order valence-electron chi connectivity index (χ3n) is 10.2. The van der Waals surface area contributed by atoms with Gasteiger partial charge in [0.25, 0.3) is 0 Å². The van der Waals surface area contributed by atoms with Crippen LogP contribution in [0.2, 0.25) is 0 Å². The van der Waals surface area contributed by atoms with Gasteiger partial charge in [0.15, 0.2) is 5.78 Å². The zero-order chi connectivity index (χ0) is 25.5. The van der Waals surface area contributed by atoms with Crippen LogP contribution in [0.5, 0.6) is 0 Å². The lowest BCUT2D eigenvalue weighted by Gasteiger charge is -2.46. The van der Waals surface area contributed by atoms with Crippen LogP contribution in [0, 0.1) is 35.5 Å². The van der Waals surface area contributed by atoms with Crippen LogP contribution in [-0.2, 0) is 23.9 Å². The van der Waals surface area contributed by atoms with Gasteiger partial charge in [-0.05, 0) is 74.3 Å². The molecule has 0 aromatic rings. The molecule has 1 N–H and O–H groups in total. The Morgan fingerprint density at radius 3 is 1.95 bits per heavy atom. The molecule has 4 aliphatic carbocycles. The average Bonchev–Trinajstić information content (AvgIpc) is 2.91. The molecule has 6 heteroatoms. The van der Waals surface area contributed by atoms with Crippen LogP contribution in [0.1, 0.15) is 77.0 Å². The highest BCUT2D eigenvalue weighted by Crippen LogP contribution is 2.49. The molecule has 0 radical (unpaired) electrons. The molecule has 6 nitrogen and oxygen atoms in total. The topological polar surface area (TPSA) is 89.9 Å².